The second-order valence-electron chi connectivity index (χ2n) is 4.90. The fraction of sp³-hybridized carbons (Fsp3) is 0.417. The van der Waals surface area contributed by atoms with Crippen LogP contribution in [0.2, 0.25) is 0 Å². The van der Waals surface area contributed by atoms with E-state index in [2.05, 4.69) is 10.1 Å². The smallest absolute Gasteiger partial charge is 0.304 e. The zero-order chi connectivity index (χ0) is 12.6. The van der Waals surface area contributed by atoms with E-state index >= 15 is 0 Å². The number of hydrogen-bond donors (Lipinski definition) is 1. The number of aliphatic carboxylic acids is 1. The van der Waals surface area contributed by atoms with E-state index in [-0.39, 0.29) is 6.42 Å². The van der Waals surface area contributed by atoms with Crippen molar-refractivity contribution in [3.8, 4) is 0 Å². The number of carboxylic acid groups (broad SMARTS) is 1. The van der Waals surface area contributed by atoms with Crippen LogP contribution in [0.1, 0.15) is 31.7 Å². The van der Waals surface area contributed by atoms with Gasteiger partial charge in [-0.05, 0) is 18.6 Å². The van der Waals surface area contributed by atoms with Gasteiger partial charge < -0.3 is 5.11 Å². The van der Waals surface area contributed by atoms with Gasteiger partial charge in [0.25, 0.3) is 0 Å². The average Bonchev–Trinajstić information content (AvgIpc) is 2.58. The Morgan fingerprint density at radius 3 is 2.82 bits per heavy atom. The highest BCUT2D eigenvalue weighted by atomic mass is 16.4. The molecule has 17 heavy (non-hydrogen) atoms. The Balaban J connectivity index is 2.45. The molecule has 2 aromatic rings. The van der Waals surface area contributed by atoms with E-state index in [0.717, 1.165) is 11.2 Å². The van der Waals surface area contributed by atoms with E-state index in [1.54, 1.807) is 4.52 Å². The van der Waals surface area contributed by atoms with Gasteiger partial charge in [0.15, 0.2) is 11.5 Å². The summed E-state index contributed by atoms with van der Waals surface area (Å²) in [6.45, 7) is 5.65. The molecule has 2 heterocycles. The van der Waals surface area contributed by atoms with Crippen LogP contribution < -0.4 is 0 Å². The first-order valence-electron chi connectivity index (χ1n) is 5.44. The summed E-state index contributed by atoms with van der Waals surface area (Å²) >= 11 is 0. The number of rotatable bonds is 3. The van der Waals surface area contributed by atoms with Crippen LogP contribution in [0.5, 0.6) is 0 Å². The van der Waals surface area contributed by atoms with Crippen LogP contribution in [0.3, 0.4) is 0 Å². The molecule has 0 amide bonds. The summed E-state index contributed by atoms with van der Waals surface area (Å²) < 4.78 is 1.69. The zero-order valence-electron chi connectivity index (χ0n) is 10.1. The molecular formula is C12H15N3O2. The van der Waals surface area contributed by atoms with Crippen molar-refractivity contribution < 1.29 is 9.90 Å². The highest BCUT2D eigenvalue weighted by Gasteiger charge is 2.28. The van der Waals surface area contributed by atoms with Crippen molar-refractivity contribution in [1.82, 2.24) is 14.6 Å². The number of aryl methyl sites for hydroxylation is 1. The van der Waals surface area contributed by atoms with Gasteiger partial charge in [-0.2, -0.15) is 5.10 Å². The highest BCUT2D eigenvalue weighted by molar-refractivity contribution is 5.68. The largest absolute Gasteiger partial charge is 0.481 e. The third kappa shape index (κ3) is 2.27. The number of carbonyl (C=O) groups is 1. The summed E-state index contributed by atoms with van der Waals surface area (Å²) in [7, 11) is 0. The molecule has 5 heteroatoms. The molecule has 5 nitrogen and oxygen atoms in total. The van der Waals surface area contributed by atoms with E-state index in [4.69, 9.17) is 5.11 Å². The van der Waals surface area contributed by atoms with E-state index in [1.807, 2.05) is 39.1 Å². The molecule has 0 saturated carbocycles. The van der Waals surface area contributed by atoms with Crippen LogP contribution in [-0.2, 0) is 10.2 Å². The number of pyridine rings is 1. The molecule has 2 aromatic heterocycles. The Morgan fingerprint density at radius 1 is 1.47 bits per heavy atom. The van der Waals surface area contributed by atoms with Gasteiger partial charge in [0.2, 0.25) is 0 Å². The van der Waals surface area contributed by atoms with Crippen molar-refractivity contribution in [3.63, 3.8) is 0 Å². The van der Waals surface area contributed by atoms with Crippen molar-refractivity contribution in [2.45, 2.75) is 32.6 Å². The number of carboxylic acids is 1. The zero-order valence-corrected chi connectivity index (χ0v) is 10.1. The summed E-state index contributed by atoms with van der Waals surface area (Å²) in [4.78, 5) is 15.2. The van der Waals surface area contributed by atoms with Crippen LogP contribution in [0.15, 0.2) is 18.3 Å². The molecule has 0 aliphatic heterocycles. The quantitative estimate of drug-likeness (QED) is 0.877. The molecule has 0 radical (unpaired) electrons. The van der Waals surface area contributed by atoms with Crippen molar-refractivity contribution in [3.05, 3.63) is 29.7 Å². The summed E-state index contributed by atoms with van der Waals surface area (Å²) in [5.41, 5.74) is 1.26. The SMILES string of the molecule is Cc1ccc2nc(C(C)(C)CC(=O)O)nn2c1. The minimum atomic E-state index is -0.843. The standard InChI is InChI=1S/C12H15N3O2/c1-8-4-5-9-13-11(14-15(9)7-8)12(2,3)6-10(16)17/h4-5,7H,6H2,1-3H3,(H,16,17). The Morgan fingerprint density at radius 2 is 2.18 bits per heavy atom. The van der Waals surface area contributed by atoms with Crippen molar-refractivity contribution in [1.29, 1.82) is 0 Å². The summed E-state index contributed by atoms with van der Waals surface area (Å²) in [5.74, 6) is -0.282. The van der Waals surface area contributed by atoms with E-state index in [0.29, 0.717) is 5.82 Å². The third-order valence-corrected chi connectivity index (χ3v) is 2.68. The summed E-state index contributed by atoms with van der Waals surface area (Å²) in [6, 6.07) is 3.83. The maximum atomic E-state index is 10.8. The number of hydrogen-bond acceptors (Lipinski definition) is 3. The summed E-state index contributed by atoms with van der Waals surface area (Å²) in [6.07, 6.45) is 1.89. The van der Waals surface area contributed by atoms with Crippen molar-refractivity contribution >= 4 is 11.6 Å². The lowest BCUT2D eigenvalue weighted by Gasteiger charge is -2.17. The van der Waals surface area contributed by atoms with Crippen LogP contribution in [0.25, 0.3) is 5.65 Å². The predicted molar refractivity (Wildman–Crippen MR) is 63.0 cm³/mol. The maximum Gasteiger partial charge on any atom is 0.304 e. The molecule has 0 atom stereocenters. The lowest BCUT2D eigenvalue weighted by atomic mass is 9.89. The minimum absolute atomic E-state index is 0.0167. The molecule has 0 aliphatic rings. The third-order valence-electron chi connectivity index (χ3n) is 2.68. The Bertz CT molecular complexity index is 572. The second-order valence-corrected chi connectivity index (χ2v) is 4.90. The molecular weight excluding hydrogens is 218 g/mol. The first-order chi connectivity index (χ1) is 7.88. The van der Waals surface area contributed by atoms with Gasteiger partial charge in [0.05, 0.1) is 6.42 Å². The number of aromatic nitrogens is 3. The van der Waals surface area contributed by atoms with Gasteiger partial charge in [0, 0.05) is 11.6 Å². The molecule has 0 bridgehead atoms. The van der Waals surface area contributed by atoms with E-state index in [1.165, 1.54) is 0 Å². The Labute approximate surface area is 99.1 Å². The second kappa shape index (κ2) is 3.84. The summed E-state index contributed by atoms with van der Waals surface area (Å²) in [5, 5.41) is 13.2. The lowest BCUT2D eigenvalue weighted by molar-refractivity contribution is -0.138. The van der Waals surface area contributed by atoms with Gasteiger partial charge >= 0.3 is 5.97 Å². The van der Waals surface area contributed by atoms with Crippen LogP contribution in [-0.4, -0.2) is 25.7 Å². The molecule has 2 rings (SSSR count). The van der Waals surface area contributed by atoms with E-state index in [9.17, 15) is 4.79 Å². The monoisotopic (exact) mass is 233 g/mol. The first kappa shape index (κ1) is 11.6. The van der Waals surface area contributed by atoms with Gasteiger partial charge in [-0.15, -0.1) is 0 Å². The Kier molecular flexibility index (Phi) is 2.61. The van der Waals surface area contributed by atoms with Gasteiger partial charge in [-0.3, -0.25) is 4.79 Å². The molecule has 0 fully saturated rings. The predicted octanol–water partition coefficient (Wildman–Crippen LogP) is 1.79. The van der Waals surface area contributed by atoms with Crippen LogP contribution in [0.4, 0.5) is 0 Å². The normalized spacial score (nSPS) is 11.9. The lowest BCUT2D eigenvalue weighted by Crippen LogP contribution is -2.23. The first-order valence-corrected chi connectivity index (χ1v) is 5.44. The van der Waals surface area contributed by atoms with Gasteiger partial charge in [0.1, 0.15) is 0 Å². The van der Waals surface area contributed by atoms with Gasteiger partial charge in [-0.25, -0.2) is 9.50 Å². The molecule has 0 aliphatic carbocycles. The fourth-order valence-corrected chi connectivity index (χ4v) is 1.73. The van der Waals surface area contributed by atoms with Crippen molar-refractivity contribution in [2.24, 2.45) is 0 Å². The van der Waals surface area contributed by atoms with E-state index < -0.39 is 11.4 Å². The molecule has 90 valence electrons. The molecule has 0 unspecified atom stereocenters. The van der Waals surface area contributed by atoms with Gasteiger partial charge in [-0.1, -0.05) is 19.9 Å². The number of nitrogens with zero attached hydrogens (tertiary/aromatic N) is 3. The topological polar surface area (TPSA) is 67.5 Å². The molecule has 0 spiro atoms. The maximum absolute atomic E-state index is 10.8. The van der Waals surface area contributed by atoms with Crippen LogP contribution in [0, 0.1) is 6.92 Å². The number of fused-ring (bicyclic) bond motifs is 1. The molecule has 0 aromatic carbocycles. The molecule has 0 saturated heterocycles. The van der Waals surface area contributed by atoms with Crippen molar-refractivity contribution in [2.75, 3.05) is 0 Å². The fourth-order valence-electron chi connectivity index (χ4n) is 1.73. The Hall–Kier alpha value is -1.91. The minimum Gasteiger partial charge on any atom is -0.481 e. The average molecular weight is 233 g/mol. The molecule has 1 N–H and O–H groups in total. The van der Waals surface area contributed by atoms with Crippen LogP contribution >= 0.6 is 0 Å². The highest BCUT2D eigenvalue weighted by Crippen LogP contribution is 2.24.